The molecule has 0 saturated carbocycles. The molecule has 0 amide bonds. The average Bonchev–Trinajstić information content (AvgIpc) is 2.96. The molecule has 2 heterocycles. The lowest BCUT2D eigenvalue weighted by molar-refractivity contribution is 0.147. The zero-order chi connectivity index (χ0) is 14.4. The standard InChI is InChI=1S/C15H23N3OS/c1-4-19-9-5-8-16-15-17-12(2)10-18(15)11-14-7-6-13(3)20-14/h6-7,10H,4-5,8-9,11H2,1-3H3,(H,16,17). The molecule has 2 aromatic rings. The Bertz CT molecular complexity index is 533. The van der Waals surface area contributed by atoms with Gasteiger partial charge in [0.15, 0.2) is 0 Å². The number of aromatic nitrogens is 2. The second-order valence-electron chi connectivity index (χ2n) is 4.82. The monoisotopic (exact) mass is 293 g/mol. The van der Waals surface area contributed by atoms with Crippen molar-refractivity contribution in [1.29, 1.82) is 0 Å². The number of nitrogens with one attached hydrogen (secondary N) is 1. The molecule has 0 radical (unpaired) electrons. The summed E-state index contributed by atoms with van der Waals surface area (Å²) in [6, 6.07) is 4.35. The van der Waals surface area contributed by atoms with Crippen molar-refractivity contribution in [2.24, 2.45) is 0 Å². The third kappa shape index (κ3) is 4.35. The molecule has 0 aliphatic heterocycles. The van der Waals surface area contributed by atoms with Gasteiger partial charge in [0.1, 0.15) is 0 Å². The van der Waals surface area contributed by atoms with Crippen LogP contribution in [0.25, 0.3) is 0 Å². The molecular formula is C15H23N3OS. The lowest BCUT2D eigenvalue weighted by atomic mass is 10.4. The summed E-state index contributed by atoms with van der Waals surface area (Å²) >= 11 is 1.84. The normalized spacial score (nSPS) is 10.9. The molecule has 0 aliphatic carbocycles. The molecule has 0 aliphatic rings. The molecule has 5 heteroatoms. The van der Waals surface area contributed by atoms with Crippen molar-refractivity contribution in [3.8, 4) is 0 Å². The third-order valence-corrected chi connectivity index (χ3v) is 3.96. The van der Waals surface area contributed by atoms with E-state index in [1.165, 1.54) is 9.75 Å². The first-order valence-electron chi connectivity index (χ1n) is 7.09. The van der Waals surface area contributed by atoms with Crippen molar-refractivity contribution < 1.29 is 4.74 Å². The maximum atomic E-state index is 5.34. The number of rotatable bonds is 8. The van der Waals surface area contributed by atoms with E-state index in [0.29, 0.717) is 0 Å². The fourth-order valence-electron chi connectivity index (χ4n) is 2.07. The van der Waals surface area contributed by atoms with Crippen LogP contribution in [0, 0.1) is 13.8 Å². The predicted octanol–water partition coefficient (Wildman–Crippen LogP) is 3.45. The minimum atomic E-state index is 0.783. The summed E-state index contributed by atoms with van der Waals surface area (Å²) in [4.78, 5) is 7.26. The Morgan fingerprint density at radius 3 is 2.90 bits per heavy atom. The molecule has 1 N–H and O–H groups in total. The molecule has 2 rings (SSSR count). The van der Waals surface area contributed by atoms with Gasteiger partial charge in [-0.3, -0.25) is 0 Å². The maximum Gasteiger partial charge on any atom is 0.203 e. The van der Waals surface area contributed by atoms with E-state index in [2.05, 4.69) is 40.1 Å². The first-order valence-corrected chi connectivity index (χ1v) is 7.91. The molecule has 4 nitrogen and oxygen atoms in total. The average molecular weight is 293 g/mol. The Hall–Kier alpha value is -1.33. The molecule has 0 saturated heterocycles. The van der Waals surface area contributed by atoms with E-state index >= 15 is 0 Å². The number of imidazole rings is 1. The SMILES string of the molecule is CCOCCCNc1nc(C)cn1Cc1ccc(C)s1. The van der Waals surface area contributed by atoms with Gasteiger partial charge < -0.3 is 14.6 Å². The van der Waals surface area contributed by atoms with Crippen LogP contribution in [-0.2, 0) is 11.3 Å². The minimum Gasteiger partial charge on any atom is -0.382 e. The van der Waals surface area contributed by atoms with Crippen LogP contribution < -0.4 is 5.32 Å². The van der Waals surface area contributed by atoms with E-state index in [0.717, 1.165) is 44.4 Å². The van der Waals surface area contributed by atoms with Gasteiger partial charge in [-0.05, 0) is 39.3 Å². The van der Waals surface area contributed by atoms with Gasteiger partial charge >= 0.3 is 0 Å². The Morgan fingerprint density at radius 2 is 2.20 bits per heavy atom. The summed E-state index contributed by atoms with van der Waals surface area (Å²) in [6.45, 7) is 9.54. The summed E-state index contributed by atoms with van der Waals surface area (Å²) in [5, 5.41) is 3.40. The summed E-state index contributed by atoms with van der Waals surface area (Å²) in [7, 11) is 0. The van der Waals surface area contributed by atoms with Crippen LogP contribution >= 0.6 is 11.3 Å². The van der Waals surface area contributed by atoms with Gasteiger partial charge in [-0.25, -0.2) is 4.98 Å². The van der Waals surface area contributed by atoms with Gasteiger partial charge in [0.2, 0.25) is 5.95 Å². The number of hydrogen-bond donors (Lipinski definition) is 1. The quantitative estimate of drug-likeness (QED) is 0.758. The first kappa shape index (κ1) is 15.1. The van der Waals surface area contributed by atoms with Crippen LogP contribution in [0.4, 0.5) is 5.95 Å². The second kappa shape index (κ2) is 7.45. The smallest absolute Gasteiger partial charge is 0.203 e. The van der Waals surface area contributed by atoms with Crippen molar-refractivity contribution in [1.82, 2.24) is 9.55 Å². The van der Waals surface area contributed by atoms with E-state index in [9.17, 15) is 0 Å². The predicted molar refractivity (Wildman–Crippen MR) is 84.7 cm³/mol. The lowest BCUT2D eigenvalue weighted by Crippen LogP contribution is -2.10. The lowest BCUT2D eigenvalue weighted by Gasteiger charge is -2.08. The van der Waals surface area contributed by atoms with Crippen molar-refractivity contribution in [3.05, 3.63) is 33.8 Å². The fourth-order valence-corrected chi connectivity index (χ4v) is 2.95. The molecule has 0 fully saturated rings. The molecule has 20 heavy (non-hydrogen) atoms. The first-order chi connectivity index (χ1) is 9.69. The highest BCUT2D eigenvalue weighted by Gasteiger charge is 2.06. The van der Waals surface area contributed by atoms with Gasteiger partial charge in [0, 0.05) is 35.7 Å². The molecule has 0 aromatic carbocycles. The Kier molecular flexibility index (Phi) is 5.61. The van der Waals surface area contributed by atoms with Crippen LogP contribution in [-0.4, -0.2) is 29.3 Å². The van der Waals surface area contributed by atoms with Crippen molar-refractivity contribution in [3.63, 3.8) is 0 Å². The highest BCUT2D eigenvalue weighted by Crippen LogP contribution is 2.19. The van der Waals surface area contributed by atoms with E-state index in [1.807, 2.05) is 25.2 Å². The van der Waals surface area contributed by atoms with Crippen molar-refractivity contribution in [2.75, 3.05) is 25.1 Å². The van der Waals surface area contributed by atoms with Gasteiger partial charge in [-0.1, -0.05) is 0 Å². The van der Waals surface area contributed by atoms with E-state index in [-0.39, 0.29) is 0 Å². The van der Waals surface area contributed by atoms with E-state index in [4.69, 9.17) is 4.74 Å². The Balaban J connectivity index is 1.92. The number of aryl methyl sites for hydroxylation is 2. The molecule has 0 bridgehead atoms. The van der Waals surface area contributed by atoms with Crippen LogP contribution in [0.1, 0.15) is 28.8 Å². The van der Waals surface area contributed by atoms with Crippen LogP contribution in [0.5, 0.6) is 0 Å². The summed E-state index contributed by atoms with van der Waals surface area (Å²) in [6.07, 6.45) is 3.10. The molecule has 2 aromatic heterocycles. The minimum absolute atomic E-state index is 0.783. The van der Waals surface area contributed by atoms with Gasteiger partial charge in [0.25, 0.3) is 0 Å². The van der Waals surface area contributed by atoms with E-state index < -0.39 is 0 Å². The zero-order valence-corrected chi connectivity index (χ0v) is 13.3. The van der Waals surface area contributed by atoms with Crippen LogP contribution in [0.2, 0.25) is 0 Å². The molecule has 0 unspecified atom stereocenters. The van der Waals surface area contributed by atoms with Gasteiger partial charge in [0.05, 0.1) is 12.2 Å². The van der Waals surface area contributed by atoms with Gasteiger partial charge in [-0.15, -0.1) is 11.3 Å². The van der Waals surface area contributed by atoms with Crippen molar-refractivity contribution in [2.45, 2.75) is 33.7 Å². The summed E-state index contributed by atoms with van der Waals surface area (Å²) in [5.74, 6) is 0.949. The molecule has 0 atom stereocenters. The maximum absolute atomic E-state index is 5.34. The van der Waals surface area contributed by atoms with Crippen LogP contribution in [0.15, 0.2) is 18.3 Å². The number of ether oxygens (including phenoxy) is 1. The van der Waals surface area contributed by atoms with E-state index in [1.54, 1.807) is 0 Å². The van der Waals surface area contributed by atoms with Crippen LogP contribution in [0.3, 0.4) is 0 Å². The number of hydrogen-bond acceptors (Lipinski definition) is 4. The second-order valence-corrected chi connectivity index (χ2v) is 6.20. The summed E-state index contributed by atoms with van der Waals surface area (Å²) < 4.78 is 7.52. The van der Waals surface area contributed by atoms with Crippen molar-refractivity contribution >= 4 is 17.3 Å². The Morgan fingerprint density at radius 1 is 1.35 bits per heavy atom. The Labute approximate surface area is 124 Å². The molecule has 0 spiro atoms. The molecular weight excluding hydrogens is 270 g/mol. The number of thiophene rings is 1. The third-order valence-electron chi connectivity index (χ3n) is 2.97. The van der Waals surface area contributed by atoms with Gasteiger partial charge in [-0.2, -0.15) is 0 Å². The highest BCUT2D eigenvalue weighted by atomic mass is 32.1. The fraction of sp³-hybridized carbons (Fsp3) is 0.533. The zero-order valence-electron chi connectivity index (χ0n) is 12.5. The summed E-state index contributed by atoms with van der Waals surface area (Å²) in [5.41, 5.74) is 1.05. The largest absolute Gasteiger partial charge is 0.382 e. The molecule has 110 valence electrons. The topological polar surface area (TPSA) is 39.1 Å². The highest BCUT2D eigenvalue weighted by molar-refractivity contribution is 7.11. The number of anilines is 1. The number of nitrogens with zero attached hydrogens (tertiary/aromatic N) is 2.